The number of ether oxygens (including phenoxy) is 1. The fourth-order valence-corrected chi connectivity index (χ4v) is 4.60. The summed E-state index contributed by atoms with van der Waals surface area (Å²) in [5, 5.41) is 13.4. The molecule has 0 amide bonds. The third-order valence-corrected chi connectivity index (χ3v) is 6.50. The Labute approximate surface area is 206 Å². The van der Waals surface area contributed by atoms with Crippen LogP contribution < -0.4 is 9.46 Å². The van der Waals surface area contributed by atoms with E-state index in [1.807, 2.05) is 32.0 Å². The van der Waals surface area contributed by atoms with Gasteiger partial charge in [0.15, 0.2) is 0 Å². The summed E-state index contributed by atoms with van der Waals surface area (Å²) in [6.07, 6.45) is 2.54. The molecule has 2 aromatic heterocycles. The van der Waals surface area contributed by atoms with Gasteiger partial charge in [-0.15, -0.1) is 0 Å². The van der Waals surface area contributed by atoms with Gasteiger partial charge in [-0.3, -0.25) is 4.68 Å². The molecule has 180 valence electrons. The van der Waals surface area contributed by atoms with Crippen molar-refractivity contribution in [2.24, 2.45) is 7.05 Å². The van der Waals surface area contributed by atoms with Gasteiger partial charge < -0.3 is 9.84 Å². The van der Waals surface area contributed by atoms with Gasteiger partial charge in [0, 0.05) is 29.9 Å². The van der Waals surface area contributed by atoms with E-state index in [0.717, 1.165) is 16.7 Å². The smallest absolute Gasteiger partial charge is 0.335 e. The first kappa shape index (κ1) is 24.2. The van der Waals surface area contributed by atoms with Crippen molar-refractivity contribution in [3.8, 4) is 22.9 Å². The van der Waals surface area contributed by atoms with Crippen LogP contribution >= 0.6 is 11.6 Å². The Morgan fingerprint density at radius 3 is 2.46 bits per heavy atom. The van der Waals surface area contributed by atoms with Crippen LogP contribution in [-0.4, -0.2) is 39.2 Å². The molecular formula is C23H20ClN5O5S. The van der Waals surface area contributed by atoms with Crippen molar-refractivity contribution in [2.45, 2.75) is 18.7 Å². The predicted molar refractivity (Wildman–Crippen MR) is 129 cm³/mol. The van der Waals surface area contributed by atoms with Gasteiger partial charge in [-0.1, -0.05) is 29.8 Å². The lowest BCUT2D eigenvalue weighted by Gasteiger charge is -2.14. The minimum absolute atomic E-state index is 0.0138. The number of aryl methyl sites for hydroxylation is 3. The van der Waals surface area contributed by atoms with Gasteiger partial charge in [0.05, 0.1) is 17.5 Å². The van der Waals surface area contributed by atoms with Crippen LogP contribution in [0.1, 0.15) is 21.5 Å². The highest BCUT2D eigenvalue weighted by atomic mass is 35.5. The van der Waals surface area contributed by atoms with E-state index in [-0.39, 0.29) is 33.1 Å². The number of carboxylic acids is 1. The lowest BCUT2D eigenvalue weighted by atomic mass is 10.00. The largest absolute Gasteiger partial charge is 0.478 e. The Morgan fingerprint density at radius 2 is 1.83 bits per heavy atom. The molecule has 2 N–H and O–H groups in total. The number of hydrogen-bond acceptors (Lipinski definition) is 7. The fourth-order valence-electron chi connectivity index (χ4n) is 3.45. The van der Waals surface area contributed by atoms with Gasteiger partial charge in [-0.2, -0.15) is 10.1 Å². The maximum atomic E-state index is 12.9. The number of halogens is 1. The Hall–Kier alpha value is -3.96. The second-order valence-electron chi connectivity index (χ2n) is 7.72. The molecule has 2 heterocycles. The van der Waals surface area contributed by atoms with Crippen LogP contribution in [0.3, 0.4) is 0 Å². The summed E-state index contributed by atoms with van der Waals surface area (Å²) in [6.45, 7) is 3.81. The van der Waals surface area contributed by atoms with E-state index >= 15 is 0 Å². The topological polar surface area (TPSA) is 136 Å². The normalized spacial score (nSPS) is 11.3. The Kier molecular flexibility index (Phi) is 6.46. The molecule has 10 nitrogen and oxygen atoms in total. The molecule has 35 heavy (non-hydrogen) atoms. The van der Waals surface area contributed by atoms with Gasteiger partial charge in [0.1, 0.15) is 10.6 Å². The zero-order valence-electron chi connectivity index (χ0n) is 18.9. The number of carbonyl (C=O) groups is 1. The molecule has 0 radical (unpaired) electrons. The number of carboxylic acid groups (broad SMARTS) is 1. The number of nitrogens with one attached hydrogen (secondary N) is 1. The Balaban J connectivity index is 1.81. The van der Waals surface area contributed by atoms with E-state index < -0.39 is 16.0 Å². The minimum Gasteiger partial charge on any atom is -0.478 e. The van der Waals surface area contributed by atoms with Crippen molar-refractivity contribution >= 4 is 33.5 Å². The van der Waals surface area contributed by atoms with E-state index in [1.54, 1.807) is 13.1 Å². The highest BCUT2D eigenvalue weighted by Gasteiger charge is 2.20. The molecular weight excluding hydrogens is 494 g/mol. The van der Waals surface area contributed by atoms with Crippen molar-refractivity contribution in [2.75, 3.05) is 4.72 Å². The number of rotatable bonds is 7. The average Bonchev–Trinajstić information content (AvgIpc) is 3.20. The number of hydrogen-bond donors (Lipinski definition) is 2. The molecule has 0 saturated heterocycles. The van der Waals surface area contributed by atoms with Gasteiger partial charge in [-0.25, -0.2) is 22.9 Å². The van der Waals surface area contributed by atoms with Crippen LogP contribution in [0, 0.1) is 13.8 Å². The van der Waals surface area contributed by atoms with Crippen LogP contribution in [0.5, 0.6) is 11.6 Å². The first-order valence-corrected chi connectivity index (χ1v) is 12.1. The molecule has 0 bridgehead atoms. The molecule has 0 unspecified atom stereocenters. The van der Waals surface area contributed by atoms with Gasteiger partial charge in [0.25, 0.3) is 10.0 Å². The molecule has 4 rings (SSSR count). The number of benzene rings is 2. The zero-order valence-corrected chi connectivity index (χ0v) is 20.4. The number of sulfonamides is 1. The van der Waals surface area contributed by atoms with Crippen molar-refractivity contribution in [1.82, 2.24) is 19.7 Å². The zero-order chi connectivity index (χ0) is 25.3. The molecule has 0 spiro atoms. The highest BCUT2D eigenvalue weighted by molar-refractivity contribution is 7.92. The Bertz CT molecular complexity index is 1530. The third kappa shape index (κ3) is 5.42. The number of aromatic nitrogens is 4. The maximum Gasteiger partial charge on any atom is 0.335 e. The minimum atomic E-state index is -4.04. The van der Waals surface area contributed by atoms with Crippen LogP contribution in [0.2, 0.25) is 5.02 Å². The molecule has 4 aromatic rings. The van der Waals surface area contributed by atoms with Crippen LogP contribution in [0.25, 0.3) is 11.3 Å². The van der Waals surface area contributed by atoms with Gasteiger partial charge in [0.2, 0.25) is 11.8 Å². The summed E-state index contributed by atoms with van der Waals surface area (Å²) >= 11 is 6.04. The molecule has 0 atom stereocenters. The quantitative estimate of drug-likeness (QED) is 0.370. The monoisotopic (exact) mass is 513 g/mol. The Morgan fingerprint density at radius 1 is 1.11 bits per heavy atom. The first-order valence-electron chi connectivity index (χ1n) is 10.2. The summed E-state index contributed by atoms with van der Waals surface area (Å²) in [5.74, 6) is -1.31. The maximum absolute atomic E-state index is 12.9. The molecule has 0 aliphatic rings. The SMILES string of the molecule is Cc1cccc(C)c1-c1cc(Oc2cc(Cl)cc(C(=O)O)c2)nc(NS(=O)(=O)c2cnn(C)c2)n1. The highest BCUT2D eigenvalue weighted by Crippen LogP contribution is 2.32. The van der Waals surface area contributed by atoms with E-state index in [4.69, 9.17) is 16.3 Å². The summed E-state index contributed by atoms with van der Waals surface area (Å²) in [7, 11) is -2.44. The molecule has 0 fully saturated rings. The van der Waals surface area contributed by atoms with Crippen LogP contribution in [0.15, 0.2) is 59.8 Å². The third-order valence-electron chi connectivity index (χ3n) is 5.00. The van der Waals surface area contributed by atoms with Crippen molar-refractivity contribution < 1.29 is 23.1 Å². The fraction of sp³-hybridized carbons (Fsp3) is 0.130. The predicted octanol–water partition coefficient (Wildman–Crippen LogP) is 4.44. The van der Waals surface area contributed by atoms with E-state index in [9.17, 15) is 18.3 Å². The average molecular weight is 514 g/mol. The van der Waals surface area contributed by atoms with Crippen molar-refractivity contribution in [3.63, 3.8) is 0 Å². The first-order chi connectivity index (χ1) is 16.5. The summed E-state index contributed by atoms with van der Waals surface area (Å²) in [4.78, 5) is 19.9. The van der Waals surface area contributed by atoms with Gasteiger partial charge in [-0.05, 0) is 43.2 Å². The van der Waals surface area contributed by atoms with E-state index in [1.165, 1.54) is 35.3 Å². The lowest BCUT2D eigenvalue weighted by molar-refractivity contribution is 0.0696. The molecule has 0 saturated carbocycles. The van der Waals surface area contributed by atoms with Crippen molar-refractivity contribution in [3.05, 3.63) is 76.6 Å². The number of nitrogens with zero attached hydrogens (tertiary/aromatic N) is 4. The molecule has 0 aliphatic heterocycles. The number of aromatic carboxylic acids is 1. The molecule has 12 heteroatoms. The summed E-state index contributed by atoms with van der Waals surface area (Å²) in [5.41, 5.74) is 2.93. The summed E-state index contributed by atoms with van der Waals surface area (Å²) in [6, 6.07) is 11.2. The number of anilines is 1. The van der Waals surface area contributed by atoms with Crippen LogP contribution in [0.4, 0.5) is 5.95 Å². The van der Waals surface area contributed by atoms with E-state index in [0.29, 0.717) is 5.69 Å². The second-order valence-corrected chi connectivity index (χ2v) is 9.84. The molecule has 2 aromatic carbocycles. The second kappa shape index (κ2) is 9.35. The standard InChI is InChI=1S/C23H20ClN5O5S/c1-13-5-4-6-14(2)21(13)19-10-20(34-17-8-15(22(30)31)7-16(24)9-17)27-23(26-19)28-35(32,33)18-11-25-29(3)12-18/h4-12H,1-3H3,(H,30,31)(H,26,27,28). The lowest BCUT2D eigenvalue weighted by Crippen LogP contribution is -2.15. The summed E-state index contributed by atoms with van der Waals surface area (Å²) < 4.78 is 35.2. The van der Waals surface area contributed by atoms with Crippen LogP contribution in [-0.2, 0) is 17.1 Å². The van der Waals surface area contributed by atoms with Gasteiger partial charge >= 0.3 is 5.97 Å². The van der Waals surface area contributed by atoms with E-state index in [2.05, 4.69) is 19.8 Å². The van der Waals surface area contributed by atoms with Crippen molar-refractivity contribution in [1.29, 1.82) is 0 Å². The molecule has 0 aliphatic carbocycles.